The number of thioether (sulfide) groups is 1. The van der Waals surface area contributed by atoms with Crippen LogP contribution < -0.4 is 9.80 Å². The van der Waals surface area contributed by atoms with E-state index in [2.05, 4.69) is 4.90 Å². The molecule has 3 aliphatic heterocycles. The Balaban J connectivity index is 1.53. The van der Waals surface area contributed by atoms with Gasteiger partial charge in [-0.25, -0.2) is 4.39 Å². The fourth-order valence-corrected chi connectivity index (χ4v) is 5.28. The first-order valence-electron chi connectivity index (χ1n) is 9.82. The lowest BCUT2D eigenvalue weighted by Gasteiger charge is -2.30. The van der Waals surface area contributed by atoms with Gasteiger partial charge in [-0.15, -0.1) is 0 Å². The van der Waals surface area contributed by atoms with Gasteiger partial charge in [0.05, 0.1) is 41.7 Å². The molecule has 0 bridgehead atoms. The van der Waals surface area contributed by atoms with Gasteiger partial charge in [-0.2, -0.15) is 0 Å². The van der Waals surface area contributed by atoms with Gasteiger partial charge in [0.1, 0.15) is 5.82 Å². The van der Waals surface area contributed by atoms with Crippen LogP contribution >= 0.6 is 24.0 Å². The number of morpholine rings is 1. The zero-order valence-electron chi connectivity index (χ0n) is 16.4. The summed E-state index contributed by atoms with van der Waals surface area (Å²) in [4.78, 5) is 32.3. The van der Waals surface area contributed by atoms with E-state index in [1.807, 2.05) is 24.3 Å². The molecule has 0 radical (unpaired) electrons. The van der Waals surface area contributed by atoms with Crippen LogP contribution in [0.25, 0.3) is 5.57 Å². The summed E-state index contributed by atoms with van der Waals surface area (Å²) in [6.07, 6.45) is 0. The van der Waals surface area contributed by atoms with E-state index < -0.39 is 5.82 Å². The quantitative estimate of drug-likeness (QED) is 0.523. The molecule has 0 saturated carbocycles. The number of thiocarbonyl (C=S) groups is 1. The summed E-state index contributed by atoms with van der Waals surface area (Å²) in [5.74, 6) is -0.980. The number of amides is 2. The van der Waals surface area contributed by atoms with Crippen LogP contribution in [0.2, 0.25) is 0 Å². The van der Waals surface area contributed by atoms with E-state index in [1.54, 1.807) is 4.90 Å². The Morgan fingerprint density at radius 1 is 1.00 bits per heavy atom. The van der Waals surface area contributed by atoms with Crippen molar-refractivity contribution in [2.24, 2.45) is 0 Å². The number of hydrogen-bond acceptors (Lipinski definition) is 6. The Labute approximate surface area is 188 Å². The minimum atomic E-state index is -0.397. The first-order chi connectivity index (χ1) is 15.0. The molecule has 31 heavy (non-hydrogen) atoms. The fraction of sp³-hybridized carbons (Fsp3) is 0.227. The van der Waals surface area contributed by atoms with Gasteiger partial charge in [0.15, 0.2) is 4.32 Å². The third kappa shape index (κ3) is 3.57. The van der Waals surface area contributed by atoms with Crippen LogP contribution in [0.5, 0.6) is 0 Å². The van der Waals surface area contributed by atoms with Gasteiger partial charge in [-0.1, -0.05) is 42.2 Å². The molecule has 0 aromatic heterocycles. The number of hydrogen-bond donors (Lipinski definition) is 0. The fourth-order valence-electron chi connectivity index (χ4n) is 3.91. The first kappa shape index (κ1) is 20.3. The molecule has 2 aromatic carbocycles. The van der Waals surface area contributed by atoms with Crippen molar-refractivity contribution in [1.82, 2.24) is 4.90 Å². The SMILES string of the molecule is O=C1/C(=C2\SC(=S)N(c3ccc(F)cc3)C2=O)c2ccccc2N1CN1CCOCC1. The Morgan fingerprint density at radius 3 is 2.45 bits per heavy atom. The lowest BCUT2D eigenvalue weighted by atomic mass is 10.1. The molecule has 0 aliphatic carbocycles. The molecule has 9 heteroatoms. The van der Waals surface area contributed by atoms with Crippen molar-refractivity contribution in [2.45, 2.75) is 0 Å². The summed E-state index contributed by atoms with van der Waals surface area (Å²) in [5, 5.41) is 0. The molecule has 158 valence electrons. The number of ether oxygens (including phenoxy) is 1. The van der Waals surface area contributed by atoms with Crippen LogP contribution in [0.4, 0.5) is 15.8 Å². The van der Waals surface area contributed by atoms with Gasteiger partial charge in [-0.3, -0.25) is 24.3 Å². The van der Waals surface area contributed by atoms with Crippen LogP contribution in [-0.2, 0) is 14.3 Å². The molecule has 0 spiro atoms. The highest BCUT2D eigenvalue weighted by atomic mass is 32.2. The molecule has 0 N–H and O–H groups in total. The molecule has 2 amide bonds. The van der Waals surface area contributed by atoms with E-state index in [1.165, 1.54) is 29.2 Å². The van der Waals surface area contributed by atoms with E-state index in [9.17, 15) is 14.0 Å². The van der Waals surface area contributed by atoms with Crippen molar-refractivity contribution in [2.75, 3.05) is 42.8 Å². The van der Waals surface area contributed by atoms with Gasteiger partial charge >= 0.3 is 0 Å². The average Bonchev–Trinajstić information content (AvgIpc) is 3.22. The van der Waals surface area contributed by atoms with Gasteiger partial charge in [-0.05, 0) is 30.3 Å². The highest BCUT2D eigenvalue weighted by Crippen LogP contribution is 2.45. The summed E-state index contributed by atoms with van der Waals surface area (Å²) in [5.41, 5.74) is 2.34. The predicted molar refractivity (Wildman–Crippen MR) is 122 cm³/mol. The number of benzene rings is 2. The number of rotatable bonds is 3. The second-order valence-electron chi connectivity index (χ2n) is 7.31. The Bertz CT molecular complexity index is 1110. The molecular formula is C22H18FN3O3S2. The van der Waals surface area contributed by atoms with E-state index in [0.717, 1.165) is 36.1 Å². The minimum absolute atomic E-state index is 0.215. The molecule has 6 nitrogen and oxygen atoms in total. The van der Waals surface area contributed by atoms with Crippen LogP contribution in [0, 0.1) is 5.82 Å². The Morgan fingerprint density at radius 2 is 1.71 bits per heavy atom. The third-order valence-electron chi connectivity index (χ3n) is 5.45. The second kappa shape index (κ2) is 8.16. The molecule has 0 unspecified atom stereocenters. The van der Waals surface area contributed by atoms with Crippen LogP contribution in [0.15, 0.2) is 53.4 Å². The van der Waals surface area contributed by atoms with Crippen LogP contribution in [0.1, 0.15) is 5.56 Å². The summed E-state index contributed by atoms with van der Waals surface area (Å²) in [7, 11) is 0. The molecule has 3 aliphatic rings. The van der Waals surface area contributed by atoms with E-state index >= 15 is 0 Å². The molecule has 0 atom stereocenters. The zero-order chi connectivity index (χ0) is 21.5. The normalized spacial score (nSPS) is 21.9. The standard InChI is InChI=1S/C22H18FN3O3S2/c23-14-5-7-15(8-6-14)26-21(28)19(31-22(26)30)18-16-3-1-2-4-17(16)25(20(18)27)13-24-9-11-29-12-10-24/h1-8H,9-13H2/b19-18-. The monoisotopic (exact) mass is 455 g/mol. The van der Waals surface area contributed by atoms with Crippen LogP contribution in [0.3, 0.4) is 0 Å². The Hall–Kier alpha value is -2.59. The van der Waals surface area contributed by atoms with E-state index in [-0.39, 0.29) is 11.8 Å². The topological polar surface area (TPSA) is 53.1 Å². The molecule has 5 rings (SSSR count). The summed E-state index contributed by atoms with van der Waals surface area (Å²) < 4.78 is 19.0. The molecule has 2 saturated heterocycles. The maximum Gasteiger partial charge on any atom is 0.271 e. The number of fused-ring (bicyclic) bond motifs is 1. The van der Waals surface area contributed by atoms with Crippen molar-refractivity contribution in [3.8, 4) is 0 Å². The molecule has 2 aromatic rings. The Kier molecular flexibility index (Phi) is 5.35. The predicted octanol–water partition coefficient (Wildman–Crippen LogP) is 3.24. The summed E-state index contributed by atoms with van der Waals surface area (Å²) in [6, 6.07) is 13.0. The maximum absolute atomic E-state index is 13.5. The molecular weight excluding hydrogens is 437 g/mol. The van der Waals surface area contributed by atoms with Crippen molar-refractivity contribution in [3.05, 3.63) is 64.8 Å². The molecule has 3 heterocycles. The van der Waals surface area contributed by atoms with Crippen molar-refractivity contribution in [3.63, 3.8) is 0 Å². The highest BCUT2D eigenvalue weighted by Gasteiger charge is 2.42. The summed E-state index contributed by atoms with van der Waals surface area (Å²) in [6.45, 7) is 3.18. The minimum Gasteiger partial charge on any atom is -0.379 e. The largest absolute Gasteiger partial charge is 0.379 e. The number of anilines is 2. The van der Waals surface area contributed by atoms with Gasteiger partial charge in [0.25, 0.3) is 11.8 Å². The van der Waals surface area contributed by atoms with Crippen molar-refractivity contribution < 1.29 is 18.7 Å². The number of para-hydroxylation sites is 1. The van der Waals surface area contributed by atoms with E-state index in [4.69, 9.17) is 17.0 Å². The summed E-state index contributed by atoms with van der Waals surface area (Å²) >= 11 is 6.54. The van der Waals surface area contributed by atoms with E-state index in [0.29, 0.717) is 40.4 Å². The number of halogens is 1. The average molecular weight is 456 g/mol. The first-order valence-corrected chi connectivity index (χ1v) is 11.0. The van der Waals surface area contributed by atoms with Crippen molar-refractivity contribution >= 4 is 57.1 Å². The van der Waals surface area contributed by atoms with Gasteiger partial charge < -0.3 is 4.74 Å². The van der Waals surface area contributed by atoms with Crippen molar-refractivity contribution in [1.29, 1.82) is 0 Å². The second-order valence-corrected chi connectivity index (χ2v) is 8.96. The van der Waals surface area contributed by atoms with Gasteiger partial charge in [0, 0.05) is 18.7 Å². The maximum atomic E-state index is 13.5. The molecule has 2 fully saturated rings. The lowest BCUT2D eigenvalue weighted by molar-refractivity contribution is -0.115. The van der Waals surface area contributed by atoms with Gasteiger partial charge in [0.2, 0.25) is 0 Å². The number of carbonyl (C=O) groups is 2. The zero-order valence-corrected chi connectivity index (χ0v) is 18.0. The smallest absolute Gasteiger partial charge is 0.271 e. The van der Waals surface area contributed by atoms with Crippen LogP contribution in [-0.4, -0.2) is 54.0 Å². The third-order valence-corrected chi connectivity index (χ3v) is 6.82. The highest BCUT2D eigenvalue weighted by molar-refractivity contribution is 8.27. The lowest BCUT2D eigenvalue weighted by Crippen LogP contribution is -2.45. The number of carbonyl (C=O) groups excluding carboxylic acids is 2. The number of nitrogens with zero attached hydrogens (tertiary/aromatic N) is 3.